The zero-order chi connectivity index (χ0) is 21.1. The summed E-state index contributed by atoms with van der Waals surface area (Å²) in [4.78, 5) is 14.8. The topological polar surface area (TPSA) is 66.9 Å². The van der Waals surface area contributed by atoms with Crippen molar-refractivity contribution in [1.29, 1.82) is 0 Å². The average molecular weight is 433 g/mol. The van der Waals surface area contributed by atoms with Crippen molar-refractivity contribution >= 4 is 15.9 Å². The van der Waals surface area contributed by atoms with Crippen molar-refractivity contribution < 1.29 is 22.3 Å². The molecule has 1 amide bonds. The fourth-order valence-corrected chi connectivity index (χ4v) is 5.56. The molecule has 30 heavy (non-hydrogen) atoms. The maximum absolute atomic E-state index is 14.6. The summed E-state index contributed by atoms with van der Waals surface area (Å²) in [6.45, 7) is 1.67. The van der Waals surface area contributed by atoms with Crippen LogP contribution < -0.4 is 0 Å². The highest BCUT2D eigenvalue weighted by Gasteiger charge is 2.33. The molecule has 2 aromatic rings. The number of amides is 1. The molecule has 4 rings (SSSR count). The average Bonchev–Trinajstić information content (AvgIpc) is 3.23. The molecule has 0 N–H and O–H groups in total. The Labute approximate surface area is 176 Å². The van der Waals surface area contributed by atoms with E-state index in [1.54, 1.807) is 4.90 Å². The summed E-state index contributed by atoms with van der Waals surface area (Å²) in [5.74, 6) is -1.16. The number of carbonyl (C=O) groups is 1. The Bertz CT molecular complexity index is 1010. The first-order valence-corrected chi connectivity index (χ1v) is 11.6. The van der Waals surface area contributed by atoms with Gasteiger partial charge < -0.3 is 9.64 Å². The third-order valence-corrected chi connectivity index (χ3v) is 7.62. The van der Waals surface area contributed by atoms with Crippen molar-refractivity contribution in [3.63, 3.8) is 0 Å². The Hall–Kier alpha value is -2.29. The molecule has 2 aliphatic heterocycles. The Morgan fingerprint density at radius 1 is 1.07 bits per heavy atom. The lowest BCUT2D eigenvalue weighted by Crippen LogP contribution is -2.41. The van der Waals surface area contributed by atoms with Gasteiger partial charge in [-0.25, -0.2) is 12.8 Å². The molecular weight excluding hydrogens is 407 g/mol. The number of carbonyl (C=O) groups excluding carboxylic acids is 1. The van der Waals surface area contributed by atoms with E-state index in [1.807, 2.05) is 30.3 Å². The van der Waals surface area contributed by atoms with Crippen LogP contribution in [-0.4, -0.2) is 62.4 Å². The summed E-state index contributed by atoms with van der Waals surface area (Å²) >= 11 is 0. The number of halogens is 1. The summed E-state index contributed by atoms with van der Waals surface area (Å²) in [6, 6.07) is 13.3. The molecule has 6 nitrogen and oxygen atoms in total. The second kappa shape index (κ2) is 8.83. The van der Waals surface area contributed by atoms with Gasteiger partial charge in [0.1, 0.15) is 5.82 Å². The molecule has 2 aliphatic rings. The maximum Gasteiger partial charge on any atom is 0.257 e. The summed E-state index contributed by atoms with van der Waals surface area (Å²) in [5.41, 5.74) is 0.926. The number of benzene rings is 2. The summed E-state index contributed by atoms with van der Waals surface area (Å²) in [6.07, 6.45) is 2.38. The number of likely N-dealkylation sites (tertiary alicyclic amines) is 1. The highest BCUT2D eigenvalue weighted by atomic mass is 32.2. The van der Waals surface area contributed by atoms with Crippen molar-refractivity contribution in [2.45, 2.75) is 30.2 Å². The van der Waals surface area contributed by atoms with Gasteiger partial charge in [0.2, 0.25) is 10.0 Å². The number of morpholine rings is 1. The lowest BCUT2D eigenvalue weighted by molar-refractivity contribution is 0.0726. The Morgan fingerprint density at radius 2 is 1.80 bits per heavy atom. The molecule has 2 aromatic carbocycles. The van der Waals surface area contributed by atoms with Crippen molar-refractivity contribution in [3.05, 3.63) is 65.5 Å². The standard InChI is InChI=1S/C22H25FN2O4S/c23-21-9-8-19(30(27,28)24-11-13-29-14-12-24)16-20(21)22(26)25-10-4-7-18(25)15-17-5-2-1-3-6-17/h1-3,5-6,8-9,16,18H,4,7,10-15H2. The largest absolute Gasteiger partial charge is 0.379 e. The third-order valence-electron chi connectivity index (χ3n) is 5.73. The number of sulfonamides is 1. The van der Waals surface area contributed by atoms with Crippen LogP contribution in [0.4, 0.5) is 4.39 Å². The van der Waals surface area contributed by atoms with E-state index < -0.39 is 21.7 Å². The number of hydrogen-bond acceptors (Lipinski definition) is 4. The second-order valence-electron chi connectivity index (χ2n) is 7.64. The zero-order valence-electron chi connectivity index (χ0n) is 16.7. The first-order valence-electron chi connectivity index (χ1n) is 10.2. The molecule has 1 atom stereocenters. The van der Waals surface area contributed by atoms with Crippen molar-refractivity contribution in [2.24, 2.45) is 0 Å². The van der Waals surface area contributed by atoms with Gasteiger partial charge in [-0.05, 0) is 43.0 Å². The molecule has 0 aliphatic carbocycles. The Kier molecular flexibility index (Phi) is 6.17. The molecule has 2 heterocycles. The Morgan fingerprint density at radius 3 is 2.53 bits per heavy atom. The van der Waals surface area contributed by atoms with E-state index in [-0.39, 0.29) is 29.6 Å². The monoisotopic (exact) mass is 432 g/mol. The highest BCUT2D eigenvalue weighted by Crippen LogP contribution is 2.26. The quantitative estimate of drug-likeness (QED) is 0.729. The molecule has 0 aromatic heterocycles. The van der Waals surface area contributed by atoms with Crippen LogP contribution in [0.5, 0.6) is 0 Å². The maximum atomic E-state index is 14.6. The van der Waals surface area contributed by atoms with Gasteiger partial charge in [0.25, 0.3) is 5.91 Å². The van der Waals surface area contributed by atoms with Gasteiger partial charge in [0.15, 0.2) is 0 Å². The molecule has 0 saturated carbocycles. The van der Waals surface area contributed by atoms with Crippen LogP contribution >= 0.6 is 0 Å². The van der Waals surface area contributed by atoms with E-state index in [0.717, 1.165) is 24.5 Å². The lowest BCUT2D eigenvalue weighted by Gasteiger charge is -2.27. The van der Waals surface area contributed by atoms with Crippen molar-refractivity contribution in [2.75, 3.05) is 32.8 Å². The predicted molar refractivity (Wildman–Crippen MR) is 110 cm³/mol. The van der Waals surface area contributed by atoms with Gasteiger partial charge in [-0.2, -0.15) is 4.31 Å². The number of rotatable bonds is 5. The summed E-state index contributed by atoms with van der Waals surface area (Å²) in [5, 5.41) is 0. The summed E-state index contributed by atoms with van der Waals surface area (Å²) in [7, 11) is -3.80. The van der Waals surface area contributed by atoms with Crippen LogP contribution in [0.3, 0.4) is 0 Å². The van der Waals surface area contributed by atoms with E-state index in [1.165, 1.54) is 16.4 Å². The SMILES string of the molecule is O=C(c1cc(S(=O)(=O)N2CCOCC2)ccc1F)N1CCCC1Cc1ccccc1. The smallest absolute Gasteiger partial charge is 0.257 e. The van der Waals surface area contributed by atoms with Crippen molar-refractivity contribution in [3.8, 4) is 0 Å². The van der Waals surface area contributed by atoms with E-state index in [0.29, 0.717) is 26.2 Å². The summed E-state index contributed by atoms with van der Waals surface area (Å²) < 4.78 is 47.0. The molecule has 2 fully saturated rings. The first-order chi connectivity index (χ1) is 14.5. The Balaban J connectivity index is 1.58. The molecule has 0 bridgehead atoms. The van der Waals surface area contributed by atoms with Crippen LogP contribution in [-0.2, 0) is 21.2 Å². The second-order valence-corrected chi connectivity index (χ2v) is 9.58. The number of nitrogens with zero attached hydrogens (tertiary/aromatic N) is 2. The third kappa shape index (κ3) is 4.26. The number of ether oxygens (including phenoxy) is 1. The fraction of sp³-hybridized carbons (Fsp3) is 0.409. The molecule has 2 saturated heterocycles. The van der Waals surface area contributed by atoms with Crippen LogP contribution in [0, 0.1) is 5.82 Å². The lowest BCUT2D eigenvalue weighted by atomic mass is 10.0. The minimum absolute atomic E-state index is 0.0289. The van der Waals surface area contributed by atoms with Crippen LogP contribution in [0.25, 0.3) is 0 Å². The molecule has 1 unspecified atom stereocenters. The van der Waals surface area contributed by atoms with Gasteiger partial charge in [-0.3, -0.25) is 4.79 Å². The molecule has 160 valence electrons. The fourth-order valence-electron chi connectivity index (χ4n) is 4.12. The van der Waals surface area contributed by atoms with E-state index in [4.69, 9.17) is 4.74 Å². The molecule has 8 heteroatoms. The van der Waals surface area contributed by atoms with Crippen LogP contribution in [0.1, 0.15) is 28.8 Å². The van der Waals surface area contributed by atoms with E-state index in [9.17, 15) is 17.6 Å². The van der Waals surface area contributed by atoms with Gasteiger partial charge in [-0.1, -0.05) is 30.3 Å². The van der Waals surface area contributed by atoms with Gasteiger partial charge in [-0.15, -0.1) is 0 Å². The number of hydrogen-bond donors (Lipinski definition) is 0. The zero-order valence-corrected chi connectivity index (χ0v) is 17.5. The first kappa shape index (κ1) is 21.0. The van der Waals surface area contributed by atoms with Gasteiger partial charge >= 0.3 is 0 Å². The minimum Gasteiger partial charge on any atom is -0.379 e. The van der Waals surface area contributed by atoms with Crippen LogP contribution in [0.2, 0.25) is 0 Å². The van der Waals surface area contributed by atoms with Gasteiger partial charge in [0.05, 0.1) is 23.7 Å². The minimum atomic E-state index is -3.80. The van der Waals surface area contributed by atoms with Crippen LogP contribution in [0.15, 0.2) is 53.4 Å². The van der Waals surface area contributed by atoms with Crippen molar-refractivity contribution in [1.82, 2.24) is 9.21 Å². The highest BCUT2D eigenvalue weighted by molar-refractivity contribution is 7.89. The van der Waals surface area contributed by atoms with Gasteiger partial charge in [0, 0.05) is 25.7 Å². The molecular formula is C22H25FN2O4S. The predicted octanol–water partition coefficient (Wildman–Crippen LogP) is 2.69. The molecule has 0 radical (unpaired) electrons. The normalized spacial score (nSPS) is 20.4. The van der Waals surface area contributed by atoms with E-state index in [2.05, 4.69) is 0 Å². The van der Waals surface area contributed by atoms with E-state index >= 15 is 0 Å². The molecule has 0 spiro atoms.